The van der Waals surface area contributed by atoms with Crippen LogP contribution in [0.5, 0.6) is 0 Å². The second-order valence-corrected chi connectivity index (χ2v) is 6.57. The average molecular weight is 320 g/mol. The molecule has 3 N–H and O–H groups in total. The van der Waals surface area contributed by atoms with E-state index in [1.165, 1.54) is 24.2 Å². The van der Waals surface area contributed by atoms with Gasteiger partial charge >= 0.3 is 6.18 Å². The van der Waals surface area contributed by atoms with Gasteiger partial charge in [0.1, 0.15) is 0 Å². The van der Waals surface area contributed by atoms with E-state index >= 15 is 0 Å². The number of rotatable bonds is 6. The zero-order chi connectivity index (χ0) is 16.0. The average Bonchev–Trinajstić information content (AvgIpc) is 2.37. The highest BCUT2D eigenvalue weighted by Crippen LogP contribution is 2.26. The number of hydrogen-bond donors (Lipinski definition) is 2. The smallest absolute Gasteiger partial charge is 0.370 e. The number of likely N-dealkylation sites (tertiary alicyclic amines) is 1. The molecular weight excluding hydrogens is 293 g/mol. The molecule has 0 aromatic heterocycles. The maximum absolute atomic E-state index is 12.3. The number of aliphatic imine (C=N–C) groups is 1. The SMILES string of the molecule is NC(=NCC1CCC1)NCCC1CCN(CC(F)(F)F)CC1. The van der Waals surface area contributed by atoms with Gasteiger partial charge in [-0.25, -0.2) is 0 Å². The molecule has 1 saturated heterocycles. The number of hydrogen-bond acceptors (Lipinski definition) is 2. The normalized spacial score (nSPS) is 22.6. The largest absolute Gasteiger partial charge is 0.401 e. The molecule has 1 saturated carbocycles. The van der Waals surface area contributed by atoms with E-state index in [4.69, 9.17) is 5.73 Å². The molecule has 4 nitrogen and oxygen atoms in total. The van der Waals surface area contributed by atoms with Gasteiger partial charge in [-0.15, -0.1) is 0 Å². The molecule has 0 unspecified atom stereocenters. The van der Waals surface area contributed by atoms with Gasteiger partial charge in [0.05, 0.1) is 6.54 Å². The molecule has 128 valence electrons. The zero-order valence-electron chi connectivity index (χ0n) is 13.0. The topological polar surface area (TPSA) is 53.6 Å². The monoisotopic (exact) mass is 320 g/mol. The highest BCUT2D eigenvalue weighted by molar-refractivity contribution is 5.77. The van der Waals surface area contributed by atoms with Gasteiger partial charge in [-0.2, -0.15) is 13.2 Å². The molecule has 2 fully saturated rings. The van der Waals surface area contributed by atoms with Crippen molar-refractivity contribution in [1.29, 1.82) is 0 Å². The number of halogens is 3. The molecule has 1 aliphatic heterocycles. The fourth-order valence-electron chi connectivity index (χ4n) is 3.05. The van der Waals surface area contributed by atoms with Crippen molar-refractivity contribution in [3.05, 3.63) is 0 Å². The van der Waals surface area contributed by atoms with Crippen LogP contribution in [0.1, 0.15) is 38.5 Å². The van der Waals surface area contributed by atoms with Gasteiger partial charge in [-0.3, -0.25) is 9.89 Å². The molecule has 0 radical (unpaired) electrons. The fourth-order valence-corrected chi connectivity index (χ4v) is 3.05. The number of nitrogens with zero attached hydrogens (tertiary/aromatic N) is 2. The Bertz CT molecular complexity index is 358. The minimum absolute atomic E-state index is 0.483. The first-order valence-corrected chi connectivity index (χ1v) is 8.25. The van der Waals surface area contributed by atoms with Crippen LogP contribution in [0, 0.1) is 11.8 Å². The number of alkyl halides is 3. The second kappa shape index (κ2) is 8.04. The van der Waals surface area contributed by atoms with Crippen LogP contribution in [0.2, 0.25) is 0 Å². The van der Waals surface area contributed by atoms with Crippen LogP contribution in [0.3, 0.4) is 0 Å². The minimum atomic E-state index is -4.08. The van der Waals surface area contributed by atoms with Crippen LogP contribution in [-0.2, 0) is 0 Å². The molecule has 0 spiro atoms. The van der Waals surface area contributed by atoms with Gasteiger partial charge in [0, 0.05) is 13.1 Å². The maximum Gasteiger partial charge on any atom is 0.401 e. The molecule has 2 rings (SSSR count). The Hall–Kier alpha value is -0.980. The van der Waals surface area contributed by atoms with Crippen LogP contribution in [0.4, 0.5) is 13.2 Å². The van der Waals surface area contributed by atoms with Crippen molar-refractivity contribution in [3.8, 4) is 0 Å². The molecule has 0 atom stereocenters. The lowest BCUT2D eigenvalue weighted by Gasteiger charge is -2.32. The van der Waals surface area contributed by atoms with Gasteiger partial charge in [0.2, 0.25) is 0 Å². The quantitative estimate of drug-likeness (QED) is 0.583. The highest BCUT2D eigenvalue weighted by atomic mass is 19.4. The van der Waals surface area contributed by atoms with Crippen molar-refractivity contribution in [3.63, 3.8) is 0 Å². The Labute approximate surface area is 130 Å². The number of nitrogens with one attached hydrogen (secondary N) is 1. The van der Waals surface area contributed by atoms with Gasteiger partial charge in [0.25, 0.3) is 0 Å². The summed E-state index contributed by atoms with van der Waals surface area (Å²) >= 11 is 0. The molecular formula is C15H27F3N4. The van der Waals surface area contributed by atoms with Crippen molar-refractivity contribution in [2.45, 2.75) is 44.7 Å². The molecule has 0 aromatic carbocycles. The van der Waals surface area contributed by atoms with Crippen LogP contribution >= 0.6 is 0 Å². The summed E-state index contributed by atoms with van der Waals surface area (Å²) in [4.78, 5) is 5.83. The Morgan fingerprint density at radius 2 is 1.82 bits per heavy atom. The van der Waals surface area contributed by atoms with E-state index in [9.17, 15) is 13.2 Å². The predicted octanol–water partition coefficient (Wildman–Crippen LogP) is 2.36. The number of nitrogens with two attached hydrogens (primary N) is 1. The van der Waals surface area contributed by atoms with E-state index in [1.54, 1.807) is 0 Å². The molecule has 2 aliphatic rings. The van der Waals surface area contributed by atoms with Crippen molar-refractivity contribution >= 4 is 5.96 Å². The third-order valence-corrected chi connectivity index (χ3v) is 4.71. The highest BCUT2D eigenvalue weighted by Gasteiger charge is 2.32. The van der Waals surface area contributed by atoms with Crippen molar-refractivity contribution in [2.75, 3.05) is 32.7 Å². The first-order valence-electron chi connectivity index (χ1n) is 8.25. The Balaban J connectivity index is 1.54. The van der Waals surface area contributed by atoms with Crippen LogP contribution < -0.4 is 11.1 Å². The summed E-state index contributed by atoms with van der Waals surface area (Å²) in [5, 5.41) is 3.12. The van der Waals surface area contributed by atoms with Crippen molar-refractivity contribution in [2.24, 2.45) is 22.6 Å². The van der Waals surface area contributed by atoms with E-state index in [-0.39, 0.29) is 0 Å². The summed E-state index contributed by atoms with van der Waals surface area (Å²) in [6.07, 6.45) is 2.34. The van der Waals surface area contributed by atoms with Gasteiger partial charge in [0.15, 0.2) is 5.96 Å². The molecule has 0 aromatic rings. The number of guanidine groups is 1. The third-order valence-electron chi connectivity index (χ3n) is 4.71. The minimum Gasteiger partial charge on any atom is -0.370 e. The first kappa shape index (κ1) is 17.4. The fraction of sp³-hybridized carbons (Fsp3) is 0.933. The van der Waals surface area contributed by atoms with Gasteiger partial charge in [-0.1, -0.05) is 6.42 Å². The summed E-state index contributed by atoms with van der Waals surface area (Å²) in [5.74, 6) is 1.69. The predicted molar refractivity (Wildman–Crippen MR) is 81.7 cm³/mol. The Morgan fingerprint density at radius 1 is 1.14 bits per heavy atom. The second-order valence-electron chi connectivity index (χ2n) is 6.57. The van der Waals surface area contributed by atoms with E-state index in [2.05, 4.69) is 10.3 Å². The summed E-state index contributed by atoms with van der Waals surface area (Å²) in [6, 6.07) is 0. The summed E-state index contributed by atoms with van der Waals surface area (Å²) < 4.78 is 36.9. The van der Waals surface area contributed by atoms with Crippen LogP contribution in [0.25, 0.3) is 0 Å². The van der Waals surface area contributed by atoms with E-state index in [1.807, 2.05) is 0 Å². The summed E-state index contributed by atoms with van der Waals surface area (Å²) in [6.45, 7) is 1.86. The summed E-state index contributed by atoms with van der Waals surface area (Å²) in [5.41, 5.74) is 5.81. The molecule has 22 heavy (non-hydrogen) atoms. The molecule has 1 aliphatic carbocycles. The molecule has 7 heteroatoms. The van der Waals surface area contributed by atoms with Crippen molar-refractivity contribution in [1.82, 2.24) is 10.2 Å². The zero-order valence-corrected chi connectivity index (χ0v) is 13.0. The first-order chi connectivity index (χ1) is 10.4. The van der Waals surface area contributed by atoms with Crippen LogP contribution in [0.15, 0.2) is 4.99 Å². The third kappa shape index (κ3) is 6.42. The standard InChI is InChI=1S/C15H27F3N4/c16-15(17,18)11-22-8-5-12(6-9-22)4-7-20-14(19)21-10-13-2-1-3-13/h12-13H,1-11H2,(H3,19,20,21). The van der Waals surface area contributed by atoms with E-state index < -0.39 is 12.7 Å². The van der Waals surface area contributed by atoms with Crippen LogP contribution in [-0.4, -0.2) is 49.8 Å². The number of piperidine rings is 1. The van der Waals surface area contributed by atoms with Gasteiger partial charge in [-0.05, 0) is 57.0 Å². The van der Waals surface area contributed by atoms with E-state index in [0.29, 0.717) is 30.9 Å². The lowest BCUT2D eigenvalue weighted by Crippen LogP contribution is -2.41. The maximum atomic E-state index is 12.3. The van der Waals surface area contributed by atoms with Gasteiger partial charge < -0.3 is 11.1 Å². The molecule has 1 heterocycles. The Kier molecular flexibility index (Phi) is 6.35. The molecule has 0 bridgehead atoms. The molecule has 0 amide bonds. The van der Waals surface area contributed by atoms with E-state index in [0.717, 1.165) is 32.4 Å². The van der Waals surface area contributed by atoms with Crippen molar-refractivity contribution < 1.29 is 13.2 Å². The Morgan fingerprint density at radius 3 is 2.36 bits per heavy atom. The summed E-state index contributed by atoms with van der Waals surface area (Å²) in [7, 11) is 0. The lowest BCUT2D eigenvalue weighted by atomic mass is 9.86. The lowest BCUT2D eigenvalue weighted by molar-refractivity contribution is -0.148.